The van der Waals surface area contributed by atoms with Gasteiger partial charge in [0.05, 0.1) is 16.2 Å². The van der Waals surface area contributed by atoms with E-state index in [1.807, 2.05) is 35.2 Å². The van der Waals surface area contributed by atoms with Crippen molar-refractivity contribution in [2.45, 2.75) is 18.0 Å². The van der Waals surface area contributed by atoms with E-state index in [2.05, 4.69) is 10.4 Å². The van der Waals surface area contributed by atoms with Crippen molar-refractivity contribution in [3.8, 4) is 10.6 Å². The number of aromatic nitrogens is 1. The first-order valence-electron chi connectivity index (χ1n) is 8.10. The molecular weight excluding hydrogens is 427 g/mol. The van der Waals surface area contributed by atoms with Gasteiger partial charge in [-0.05, 0) is 31.2 Å². The normalized spacial score (nSPS) is 12.0. The summed E-state index contributed by atoms with van der Waals surface area (Å²) in [6.45, 7) is 1.61. The lowest BCUT2D eigenvalue weighted by molar-refractivity contribution is -0.137. The van der Waals surface area contributed by atoms with Crippen molar-refractivity contribution in [3.63, 3.8) is 0 Å². The number of aryl methyl sites for hydroxylation is 1. The molecule has 1 heterocycles. The summed E-state index contributed by atoms with van der Waals surface area (Å²) >= 11 is 1.09. The van der Waals surface area contributed by atoms with Crippen molar-refractivity contribution in [2.24, 2.45) is 0 Å². The van der Waals surface area contributed by atoms with Gasteiger partial charge in [0, 0.05) is 5.56 Å². The van der Waals surface area contributed by atoms with Crippen LogP contribution in [-0.2, 0) is 16.2 Å². The van der Waals surface area contributed by atoms with Crippen molar-refractivity contribution in [1.29, 1.82) is 0 Å². The maximum Gasteiger partial charge on any atom is 0.416 e. The Labute approximate surface area is 168 Å². The van der Waals surface area contributed by atoms with Crippen LogP contribution in [0.25, 0.3) is 10.6 Å². The lowest BCUT2D eigenvalue weighted by Gasteiger charge is -2.10. The number of alkyl halides is 3. The van der Waals surface area contributed by atoms with Gasteiger partial charge in [0.1, 0.15) is 9.88 Å². The molecule has 0 radical (unpaired) electrons. The van der Waals surface area contributed by atoms with E-state index in [-0.39, 0.29) is 4.88 Å². The summed E-state index contributed by atoms with van der Waals surface area (Å²) in [7, 11) is -4.25. The first kappa shape index (κ1) is 21.0. The third kappa shape index (κ3) is 4.81. The lowest BCUT2D eigenvalue weighted by atomic mass is 10.2. The van der Waals surface area contributed by atoms with Crippen LogP contribution in [0.1, 0.15) is 20.9 Å². The topological polar surface area (TPSA) is 88.2 Å². The maximum absolute atomic E-state index is 12.6. The number of thiazole rings is 1. The number of carbonyl (C=O) groups excluding carboxylic acids is 1. The molecule has 0 bridgehead atoms. The predicted molar refractivity (Wildman–Crippen MR) is 102 cm³/mol. The number of amides is 1. The molecule has 0 saturated heterocycles. The van der Waals surface area contributed by atoms with Gasteiger partial charge >= 0.3 is 6.18 Å². The molecule has 3 aromatic rings. The summed E-state index contributed by atoms with van der Waals surface area (Å²) in [5, 5.41) is 0.596. The number of nitrogens with one attached hydrogen (secondary N) is 2. The minimum Gasteiger partial charge on any atom is -0.273 e. The molecule has 0 fully saturated rings. The Balaban J connectivity index is 1.72. The molecule has 0 spiro atoms. The maximum atomic E-state index is 12.6. The number of sulfonamides is 1. The van der Waals surface area contributed by atoms with Crippen LogP contribution < -0.4 is 10.3 Å². The number of nitrogens with zero attached hydrogens (tertiary/aromatic N) is 1. The van der Waals surface area contributed by atoms with Gasteiger partial charge in [-0.2, -0.15) is 13.2 Å². The molecule has 29 heavy (non-hydrogen) atoms. The molecule has 0 aliphatic heterocycles. The van der Waals surface area contributed by atoms with Gasteiger partial charge in [-0.3, -0.25) is 10.2 Å². The minimum atomic E-state index is -4.58. The number of carbonyl (C=O) groups is 1. The highest BCUT2D eigenvalue weighted by Gasteiger charge is 2.30. The van der Waals surface area contributed by atoms with E-state index in [0.29, 0.717) is 22.8 Å². The molecular formula is C18H14F3N3O3S2. The zero-order valence-corrected chi connectivity index (χ0v) is 16.5. The van der Waals surface area contributed by atoms with Gasteiger partial charge in [0.25, 0.3) is 15.9 Å². The molecule has 0 saturated carbocycles. The van der Waals surface area contributed by atoms with Crippen molar-refractivity contribution < 1.29 is 26.4 Å². The number of rotatable bonds is 5. The molecule has 0 unspecified atom stereocenters. The third-order valence-corrected chi connectivity index (χ3v) is 6.28. The largest absolute Gasteiger partial charge is 0.416 e. The molecule has 6 nitrogen and oxygen atoms in total. The van der Waals surface area contributed by atoms with Gasteiger partial charge < -0.3 is 0 Å². The third-order valence-electron chi connectivity index (χ3n) is 3.81. The standard InChI is InChI=1S/C18H14F3N3O3S2/c1-11-15(28-17(22-11)12-5-3-2-4-6-12)16(25)23-24-29(26,27)14-9-7-13(8-10-14)18(19,20)21/h2-10,24H,1H3,(H,23,25). The average molecular weight is 441 g/mol. The van der Waals surface area contributed by atoms with Crippen LogP contribution >= 0.6 is 11.3 Å². The molecule has 0 aliphatic carbocycles. The van der Waals surface area contributed by atoms with Crippen LogP contribution in [0.5, 0.6) is 0 Å². The highest BCUT2D eigenvalue weighted by atomic mass is 32.2. The van der Waals surface area contributed by atoms with E-state index in [1.165, 1.54) is 0 Å². The molecule has 11 heteroatoms. The highest BCUT2D eigenvalue weighted by Crippen LogP contribution is 2.30. The van der Waals surface area contributed by atoms with Gasteiger partial charge in [-0.25, -0.2) is 13.4 Å². The fourth-order valence-corrected chi connectivity index (χ4v) is 4.17. The molecule has 1 aromatic heterocycles. The van der Waals surface area contributed by atoms with E-state index in [9.17, 15) is 26.4 Å². The number of halogens is 3. The zero-order valence-electron chi connectivity index (χ0n) is 14.8. The van der Waals surface area contributed by atoms with Crippen molar-refractivity contribution in [3.05, 3.63) is 70.7 Å². The SMILES string of the molecule is Cc1nc(-c2ccccc2)sc1C(=O)NNS(=O)(=O)c1ccc(C(F)(F)F)cc1. The van der Waals surface area contributed by atoms with E-state index >= 15 is 0 Å². The number of hydrogen-bond acceptors (Lipinski definition) is 5. The molecule has 0 aliphatic rings. The van der Waals surface area contributed by atoms with Crippen molar-refractivity contribution in [2.75, 3.05) is 0 Å². The van der Waals surface area contributed by atoms with Crippen LogP contribution in [0.4, 0.5) is 13.2 Å². The molecule has 152 valence electrons. The monoisotopic (exact) mass is 441 g/mol. The predicted octanol–water partition coefficient (Wildman–Crippen LogP) is 3.76. The Morgan fingerprint density at radius 2 is 1.66 bits per heavy atom. The minimum absolute atomic E-state index is 0.207. The van der Waals surface area contributed by atoms with E-state index in [1.54, 1.807) is 6.92 Å². The molecule has 0 atom stereocenters. The summed E-state index contributed by atoms with van der Waals surface area (Å²) in [6, 6.07) is 12.1. The van der Waals surface area contributed by atoms with Crippen LogP contribution in [0, 0.1) is 6.92 Å². The molecule has 3 rings (SSSR count). The first-order valence-corrected chi connectivity index (χ1v) is 10.4. The van der Waals surface area contributed by atoms with Crippen LogP contribution in [0.3, 0.4) is 0 Å². The van der Waals surface area contributed by atoms with Gasteiger partial charge in [0.2, 0.25) is 0 Å². The Hall–Kier alpha value is -2.76. The smallest absolute Gasteiger partial charge is 0.273 e. The summed E-state index contributed by atoms with van der Waals surface area (Å²) < 4.78 is 62.2. The van der Waals surface area contributed by atoms with E-state index in [4.69, 9.17) is 0 Å². The summed E-state index contributed by atoms with van der Waals surface area (Å²) in [5.74, 6) is -0.724. The Morgan fingerprint density at radius 3 is 2.24 bits per heavy atom. The average Bonchev–Trinajstić information content (AvgIpc) is 3.08. The first-order chi connectivity index (χ1) is 13.6. The van der Waals surface area contributed by atoms with Gasteiger partial charge in [-0.15, -0.1) is 16.2 Å². The van der Waals surface area contributed by atoms with E-state index in [0.717, 1.165) is 29.0 Å². The summed E-state index contributed by atoms with van der Waals surface area (Å²) in [5.41, 5.74) is 2.31. The Kier molecular flexibility index (Phi) is 5.73. The van der Waals surface area contributed by atoms with Crippen LogP contribution in [-0.4, -0.2) is 19.3 Å². The van der Waals surface area contributed by atoms with Gasteiger partial charge in [-0.1, -0.05) is 30.3 Å². The fourth-order valence-electron chi connectivity index (χ4n) is 2.36. The van der Waals surface area contributed by atoms with Crippen molar-refractivity contribution >= 4 is 27.3 Å². The number of hydrazine groups is 1. The second-order valence-electron chi connectivity index (χ2n) is 5.88. The second kappa shape index (κ2) is 7.93. The van der Waals surface area contributed by atoms with E-state index < -0.39 is 32.6 Å². The lowest BCUT2D eigenvalue weighted by Crippen LogP contribution is -2.41. The Bertz CT molecular complexity index is 1130. The zero-order chi connectivity index (χ0) is 21.2. The quantitative estimate of drug-likeness (QED) is 0.590. The van der Waals surface area contributed by atoms with Gasteiger partial charge in [0.15, 0.2) is 0 Å². The summed E-state index contributed by atoms with van der Waals surface area (Å²) in [4.78, 5) is 18.3. The molecule has 2 N–H and O–H groups in total. The van der Waals surface area contributed by atoms with Crippen LogP contribution in [0.15, 0.2) is 59.5 Å². The number of benzene rings is 2. The second-order valence-corrected chi connectivity index (χ2v) is 8.56. The highest BCUT2D eigenvalue weighted by molar-refractivity contribution is 7.89. The number of hydrogen-bond donors (Lipinski definition) is 2. The molecule has 1 amide bonds. The molecule has 2 aromatic carbocycles. The summed E-state index contributed by atoms with van der Waals surface area (Å²) in [6.07, 6.45) is -4.58. The van der Waals surface area contributed by atoms with Crippen LogP contribution in [0.2, 0.25) is 0 Å². The fraction of sp³-hybridized carbons (Fsp3) is 0.111. The van der Waals surface area contributed by atoms with Crippen molar-refractivity contribution in [1.82, 2.24) is 15.2 Å². The Morgan fingerprint density at radius 1 is 1.03 bits per heavy atom.